The first-order valence-electron chi connectivity index (χ1n) is 11.7. The third kappa shape index (κ3) is 4.89. The molecule has 182 valence electrons. The molecule has 0 spiro atoms. The number of nitrogens with zero attached hydrogens (tertiary/aromatic N) is 4. The molecule has 35 heavy (non-hydrogen) atoms. The summed E-state index contributed by atoms with van der Waals surface area (Å²) < 4.78 is 1.04. The molecule has 3 amide bonds. The van der Waals surface area contributed by atoms with E-state index in [1.807, 2.05) is 12.1 Å². The predicted octanol–water partition coefficient (Wildman–Crippen LogP) is 3.46. The molecule has 2 fully saturated rings. The molecule has 0 aliphatic carbocycles. The number of fused-ring (bicyclic) bond motifs is 1. The van der Waals surface area contributed by atoms with E-state index in [4.69, 9.17) is 16.6 Å². The summed E-state index contributed by atoms with van der Waals surface area (Å²) in [6.45, 7) is 6.80. The van der Waals surface area contributed by atoms with Crippen LogP contribution in [0.3, 0.4) is 0 Å². The van der Waals surface area contributed by atoms with Gasteiger partial charge in [-0.2, -0.15) is 0 Å². The first-order chi connectivity index (χ1) is 16.9. The molecule has 2 aromatic carbocycles. The minimum atomic E-state index is -0.226. The van der Waals surface area contributed by atoms with Crippen LogP contribution in [0.2, 0.25) is 5.02 Å². The zero-order valence-electron chi connectivity index (χ0n) is 19.4. The fourth-order valence-corrected chi connectivity index (χ4v) is 5.84. The molecule has 0 unspecified atom stereocenters. The number of nitrogens with one attached hydrogen (secondary N) is 1. The number of rotatable bonds is 6. The lowest BCUT2D eigenvalue weighted by Gasteiger charge is -2.34. The Morgan fingerprint density at radius 3 is 2.54 bits per heavy atom. The molecule has 0 bridgehead atoms. The monoisotopic (exact) mass is 511 g/mol. The summed E-state index contributed by atoms with van der Waals surface area (Å²) in [5.41, 5.74) is 2.99. The molecule has 10 heteroatoms. The molecule has 3 heterocycles. The minimum absolute atomic E-state index is 0.216. The van der Waals surface area contributed by atoms with Crippen molar-refractivity contribution in [2.45, 2.75) is 19.8 Å². The van der Waals surface area contributed by atoms with Gasteiger partial charge in [-0.1, -0.05) is 35.1 Å². The van der Waals surface area contributed by atoms with Crippen LogP contribution in [0.4, 0.5) is 10.8 Å². The summed E-state index contributed by atoms with van der Waals surface area (Å²) in [6.07, 6.45) is 0.434. The van der Waals surface area contributed by atoms with Crippen LogP contribution >= 0.6 is 22.9 Å². The number of carbonyl (C=O) groups excluding carboxylic acids is 3. The zero-order chi connectivity index (χ0) is 24.5. The summed E-state index contributed by atoms with van der Waals surface area (Å²) in [5, 5.41) is 4.69. The fourth-order valence-electron chi connectivity index (χ4n) is 4.47. The SMILES string of the molecule is Cc1ccc(Cl)c2sc(N3CCN(CCNC(=O)c4cccc(N5C(=O)CCC5=O)c4)CC3)nc12. The van der Waals surface area contributed by atoms with Gasteiger partial charge in [0.05, 0.1) is 20.9 Å². The summed E-state index contributed by atoms with van der Waals surface area (Å²) in [7, 11) is 0. The summed E-state index contributed by atoms with van der Waals surface area (Å²) in [5.74, 6) is -0.669. The van der Waals surface area contributed by atoms with Crippen LogP contribution in [0, 0.1) is 6.92 Å². The number of piperazine rings is 1. The smallest absolute Gasteiger partial charge is 0.251 e. The van der Waals surface area contributed by atoms with Crippen molar-refractivity contribution in [1.82, 2.24) is 15.2 Å². The van der Waals surface area contributed by atoms with Crippen molar-refractivity contribution >= 4 is 61.7 Å². The van der Waals surface area contributed by atoms with Gasteiger partial charge in [-0.25, -0.2) is 4.98 Å². The first-order valence-corrected chi connectivity index (χ1v) is 12.9. The van der Waals surface area contributed by atoms with Gasteiger partial charge in [0, 0.05) is 57.7 Å². The quantitative estimate of drug-likeness (QED) is 0.510. The Labute approximate surface area is 212 Å². The van der Waals surface area contributed by atoms with Crippen molar-refractivity contribution in [3.05, 3.63) is 52.5 Å². The summed E-state index contributed by atoms with van der Waals surface area (Å²) in [6, 6.07) is 10.6. The van der Waals surface area contributed by atoms with Crippen LogP contribution in [0.1, 0.15) is 28.8 Å². The highest BCUT2D eigenvalue weighted by atomic mass is 35.5. The number of hydrogen-bond donors (Lipinski definition) is 1. The van der Waals surface area contributed by atoms with Gasteiger partial charge >= 0.3 is 0 Å². The Balaban J connectivity index is 1.12. The molecule has 5 rings (SSSR count). The highest BCUT2D eigenvalue weighted by Crippen LogP contribution is 2.35. The molecule has 0 radical (unpaired) electrons. The van der Waals surface area contributed by atoms with Crippen molar-refractivity contribution in [1.29, 1.82) is 0 Å². The molecular weight excluding hydrogens is 486 g/mol. The van der Waals surface area contributed by atoms with Crippen molar-refractivity contribution < 1.29 is 14.4 Å². The van der Waals surface area contributed by atoms with Crippen molar-refractivity contribution in [2.24, 2.45) is 0 Å². The highest BCUT2D eigenvalue weighted by Gasteiger charge is 2.30. The number of benzene rings is 2. The van der Waals surface area contributed by atoms with E-state index in [0.717, 1.165) is 63.6 Å². The topological polar surface area (TPSA) is 85.9 Å². The van der Waals surface area contributed by atoms with E-state index in [1.54, 1.807) is 35.6 Å². The molecular formula is C25H26ClN5O3S. The van der Waals surface area contributed by atoms with Gasteiger partial charge < -0.3 is 10.2 Å². The molecule has 8 nitrogen and oxygen atoms in total. The molecule has 1 aromatic heterocycles. The molecule has 0 atom stereocenters. The van der Waals surface area contributed by atoms with Gasteiger partial charge in [0.15, 0.2) is 5.13 Å². The Hall–Kier alpha value is -3.01. The Kier molecular flexibility index (Phi) is 6.73. The zero-order valence-corrected chi connectivity index (χ0v) is 21.0. The number of anilines is 2. The second-order valence-corrected chi connectivity index (χ2v) is 10.2. The maximum absolute atomic E-state index is 12.6. The van der Waals surface area contributed by atoms with E-state index in [1.165, 1.54) is 0 Å². The third-order valence-electron chi connectivity index (χ3n) is 6.46. The van der Waals surface area contributed by atoms with E-state index < -0.39 is 0 Å². The molecule has 2 saturated heterocycles. The minimum Gasteiger partial charge on any atom is -0.351 e. The van der Waals surface area contributed by atoms with Crippen molar-refractivity contribution in [2.75, 3.05) is 49.1 Å². The Morgan fingerprint density at radius 2 is 1.83 bits per heavy atom. The maximum Gasteiger partial charge on any atom is 0.251 e. The average molecular weight is 512 g/mol. The number of thiazole rings is 1. The van der Waals surface area contributed by atoms with Crippen LogP contribution in [-0.4, -0.2) is 66.9 Å². The number of amides is 3. The van der Waals surface area contributed by atoms with E-state index in [-0.39, 0.29) is 30.6 Å². The normalized spacial score (nSPS) is 17.0. The second-order valence-electron chi connectivity index (χ2n) is 8.80. The lowest BCUT2D eigenvalue weighted by Crippen LogP contribution is -2.48. The molecule has 3 aromatic rings. The predicted molar refractivity (Wildman–Crippen MR) is 139 cm³/mol. The van der Waals surface area contributed by atoms with E-state index in [2.05, 4.69) is 22.0 Å². The maximum atomic E-state index is 12.6. The largest absolute Gasteiger partial charge is 0.351 e. The second kappa shape index (κ2) is 9.93. The number of aryl methyl sites for hydroxylation is 1. The van der Waals surface area contributed by atoms with E-state index >= 15 is 0 Å². The third-order valence-corrected chi connectivity index (χ3v) is 8.04. The average Bonchev–Trinajstić information content (AvgIpc) is 3.46. The number of halogens is 1. The molecule has 2 aliphatic heterocycles. The van der Waals surface area contributed by atoms with Crippen LogP contribution < -0.4 is 15.1 Å². The molecule has 0 saturated carbocycles. The van der Waals surface area contributed by atoms with E-state index in [9.17, 15) is 14.4 Å². The van der Waals surface area contributed by atoms with Gasteiger partial charge in [0.2, 0.25) is 11.8 Å². The number of carbonyl (C=O) groups is 3. The first kappa shape index (κ1) is 23.7. The Bertz CT molecular complexity index is 1250. The van der Waals surface area contributed by atoms with Crippen LogP contribution in [0.25, 0.3) is 10.2 Å². The fraction of sp³-hybridized carbons (Fsp3) is 0.360. The van der Waals surface area contributed by atoms with Crippen molar-refractivity contribution in [3.8, 4) is 0 Å². The van der Waals surface area contributed by atoms with E-state index in [0.29, 0.717) is 17.8 Å². The highest BCUT2D eigenvalue weighted by molar-refractivity contribution is 7.22. The number of aromatic nitrogens is 1. The van der Waals surface area contributed by atoms with Crippen LogP contribution in [0.5, 0.6) is 0 Å². The summed E-state index contributed by atoms with van der Waals surface area (Å²) in [4.78, 5) is 47.2. The lowest BCUT2D eigenvalue weighted by molar-refractivity contribution is -0.121. The Morgan fingerprint density at radius 1 is 1.09 bits per heavy atom. The van der Waals surface area contributed by atoms with Crippen LogP contribution in [0.15, 0.2) is 36.4 Å². The van der Waals surface area contributed by atoms with Gasteiger partial charge in [-0.05, 0) is 36.8 Å². The van der Waals surface area contributed by atoms with Gasteiger partial charge in [-0.3, -0.25) is 24.2 Å². The molecule has 1 N–H and O–H groups in total. The van der Waals surface area contributed by atoms with Gasteiger partial charge in [-0.15, -0.1) is 0 Å². The standard InChI is InChI=1S/C25H26ClN5O3S/c1-16-5-6-19(26)23-22(16)28-25(35-23)30-13-11-29(12-14-30)10-9-27-24(34)17-3-2-4-18(15-17)31-20(32)7-8-21(31)33/h2-6,15H,7-14H2,1H3,(H,27,34). The number of hydrogen-bond acceptors (Lipinski definition) is 7. The summed E-state index contributed by atoms with van der Waals surface area (Å²) >= 11 is 8.00. The van der Waals surface area contributed by atoms with Gasteiger partial charge in [0.25, 0.3) is 5.91 Å². The lowest BCUT2D eigenvalue weighted by atomic mass is 10.1. The van der Waals surface area contributed by atoms with Gasteiger partial charge in [0.1, 0.15) is 0 Å². The van der Waals surface area contributed by atoms with Crippen LogP contribution in [-0.2, 0) is 9.59 Å². The number of imide groups is 1. The molecule has 2 aliphatic rings. The van der Waals surface area contributed by atoms with Crippen molar-refractivity contribution in [3.63, 3.8) is 0 Å².